The minimum atomic E-state index is 0.139. The zero-order valence-corrected chi connectivity index (χ0v) is 9.92. The molecule has 0 aromatic carbocycles. The number of ketones is 1. The van der Waals surface area contributed by atoms with Crippen LogP contribution < -0.4 is 5.32 Å². The molecule has 0 bridgehead atoms. The monoisotopic (exact) mass is 237 g/mol. The van der Waals surface area contributed by atoms with Gasteiger partial charge in [-0.25, -0.2) is 4.98 Å². The van der Waals surface area contributed by atoms with Crippen LogP contribution in [0.4, 0.5) is 0 Å². The number of piperidine rings is 1. The molecule has 1 N–H and O–H groups in total. The number of thioether (sulfide) groups is 1. The number of aromatic nitrogens is 2. The van der Waals surface area contributed by atoms with E-state index in [1.807, 2.05) is 11.8 Å². The van der Waals surface area contributed by atoms with Crippen molar-refractivity contribution in [2.75, 3.05) is 12.3 Å². The summed E-state index contributed by atoms with van der Waals surface area (Å²) in [7, 11) is 0. The fourth-order valence-electron chi connectivity index (χ4n) is 2.26. The van der Waals surface area contributed by atoms with E-state index in [2.05, 4.69) is 21.1 Å². The molecule has 86 valence electrons. The first kappa shape index (κ1) is 10.4. The molecule has 4 nitrogen and oxygen atoms in total. The van der Waals surface area contributed by atoms with E-state index in [0.717, 1.165) is 29.7 Å². The number of fused-ring (bicyclic) bond motifs is 1. The topological polar surface area (TPSA) is 46.9 Å². The molecule has 2 aliphatic rings. The van der Waals surface area contributed by atoms with Gasteiger partial charge in [0.25, 0.3) is 0 Å². The highest BCUT2D eigenvalue weighted by atomic mass is 32.2. The maximum Gasteiger partial charge on any atom is 0.168 e. The number of carbonyl (C=O) groups is 1. The number of nitrogens with zero attached hydrogens (tertiary/aromatic N) is 2. The number of hydrogen-bond acceptors (Lipinski definition) is 4. The Morgan fingerprint density at radius 2 is 2.50 bits per heavy atom. The van der Waals surface area contributed by atoms with Crippen molar-refractivity contribution in [3.8, 4) is 0 Å². The van der Waals surface area contributed by atoms with Crippen LogP contribution in [0, 0.1) is 0 Å². The van der Waals surface area contributed by atoms with Crippen molar-refractivity contribution in [3.63, 3.8) is 0 Å². The molecule has 16 heavy (non-hydrogen) atoms. The SMILES string of the molecule is O=C1CCNC(c2cn3c(n2)SCCC3)C1. The third kappa shape index (κ3) is 1.89. The lowest BCUT2D eigenvalue weighted by molar-refractivity contribution is -0.120. The molecule has 1 fully saturated rings. The van der Waals surface area contributed by atoms with Crippen molar-refractivity contribution in [2.45, 2.75) is 37.0 Å². The summed E-state index contributed by atoms with van der Waals surface area (Å²) in [6.45, 7) is 1.86. The summed E-state index contributed by atoms with van der Waals surface area (Å²) in [5, 5.41) is 4.48. The van der Waals surface area contributed by atoms with Gasteiger partial charge >= 0.3 is 0 Å². The quantitative estimate of drug-likeness (QED) is 0.801. The predicted molar refractivity (Wildman–Crippen MR) is 62.6 cm³/mol. The molecule has 1 aromatic heterocycles. The smallest absolute Gasteiger partial charge is 0.168 e. The van der Waals surface area contributed by atoms with Crippen LogP contribution >= 0.6 is 11.8 Å². The summed E-state index contributed by atoms with van der Waals surface area (Å²) >= 11 is 1.81. The van der Waals surface area contributed by atoms with Gasteiger partial charge in [0.15, 0.2) is 5.16 Å². The third-order valence-corrected chi connectivity index (χ3v) is 4.19. The van der Waals surface area contributed by atoms with Crippen LogP contribution in [-0.4, -0.2) is 27.6 Å². The summed E-state index contributed by atoms with van der Waals surface area (Å²) in [6.07, 6.45) is 4.59. The number of aryl methyl sites for hydroxylation is 1. The van der Waals surface area contributed by atoms with Gasteiger partial charge in [0.1, 0.15) is 5.78 Å². The lowest BCUT2D eigenvalue weighted by Gasteiger charge is -2.20. The van der Waals surface area contributed by atoms with Crippen LogP contribution in [0.15, 0.2) is 11.4 Å². The number of nitrogens with one attached hydrogen (secondary N) is 1. The highest BCUT2D eigenvalue weighted by Gasteiger charge is 2.24. The Morgan fingerprint density at radius 3 is 3.31 bits per heavy atom. The molecular formula is C11H15N3OS. The largest absolute Gasteiger partial charge is 0.326 e. The first-order valence-corrected chi connectivity index (χ1v) is 6.76. The van der Waals surface area contributed by atoms with Gasteiger partial charge in [-0.05, 0) is 6.42 Å². The maximum atomic E-state index is 11.4. The Kier molecular flexibility index (Phi) is 2.73. The van der Waals surface area contributed by atoms with Crippen LogP contribution in [0.2, 0.25) is 0 Å². The van der Waals surface area contributed by atoms with Gasteiger partial charge in [0, 0.05) is 37.9 Å². The van der Waals surface area contributed by atoms with E-state index in [-0.39, 0.29) is 6.04 Å². The van der Waals surface area contributed by atoms with Crippen molar-refractivity contribution < 1.29 is 4.79 Å². The zero-order valence-electron chi connectivity index (χ0n) is 9.11. The van der Waals surface area contributed by atoms with E-state index in [4.69, 9.17) is 0 Å². The average Bonchev–Trinajstić information content (AvgIpc) is 2.72. The minimum absolute atomic E-state index is 0.139. The van der Waals surface area contributed by atoms with E-state index in [9.17, 15) is 4.79 Å². The molecule has 3 heterocycles. The van der Waals surface area contributed by atoms with E-state index < -0.39 is 0 Å². The van der Waals surface area contributed by atoms with E-state index in [0.29, 0.717) is 18.6 Å². The second kappa shape index (κ2) is 4.22. The summed E-state index contributed by atoms with van der Waals surface area (Å²) in [6, 6.07) is 0.139. The van der Waals surface area contributed by atoms with Gasteiger partial charge in [0.05, 0.1) is 11.7 Å². The van der Waals surface area contributed by atoms with Crippen molar-refractivity contribution in [2.24, 2.45) is 0 Å². The highest BCUT2D eigenvalue weighted by molar-refractivity contribution is 7.99. The molecule has 3 rings (SSSR count). The summed E-state index contributed by atoms with van der Waals surface area (Å²) in [4.78, 5) is 16.0. The fraction of sp³-hybridized carbons (Fsp3) is 0.636. The van der Waals surface area contributed by atoms with Gasteiger partial charge in [-0.1, -0.05) is 11.8 Å². The molecule has 0 spiro atoms. The molecule has 1 atom stereocenters. The van der Waals surface area contributed by atoms with E-state index in [1.165, 1.54) is 6.42 Å². The summed E-state index contributed by atoms with van der Waals surface area (Å²) in [5.74, 6) is 1.51. The van der Waals surface area contributed by atoms with Gasteiger partial charge in [0.2, 0.25) is 0 Å². The summed E-state index contributed by atoms with van der Waals surface area (Å²) in [5.41, 5.74) is 1.04. The second-order valence-corrected chi connectivity index (χ2v) is 5.41. The van der Waals surface area contributed by atoms with Gasteiger partial charge < -0.3 is 9.88 Å². The average molecular weight is 237 g/mol. The summed E-state index contributed by atoms with van der Waals surface area (Å²) < 4.78 is 2.21. The number of Topliss-reactive ketones (excluding diaryl/α,β-unsaturated/α-hetero) is 1. The molecule has 1 unspecified atom stereocenters. The number of hydrogen-bond donors (Lipinski definition) is 1. The standard InChI is InChI=1S/C11H15N3OS/c15-8-2-3-12-9(6-8)10-7-14-4-1-5-16-11(14)13-10/h7,9,12H,1-6H2. The Hall–Kier alpha value is -0.810. The van der Waals surface area contributed by atoms with Gasteiger partial charge in [-0.15, -0.1) is 0 Å². The normalized spacial score (nSPS) is 25.5. The van der Waals surface area contributed by atoms with Crippen molar-refractivity contribution in [1.82, 2.24) is 14.9 Å². The van der Waals surface area contributed by atoms with Gasteiger partial charge in [-0.2, -0.15) is 0 Å². The molecule has 0 radical (unpaired) electrons. The fourth-order valence-corrected chi connectivity index (χ4v) is 3.19. The van der Waals surface area contributed by atoms with Crippen LogP contribution in [0.1, 0.15) is 31.0 Å². The molecule has 1 aromatic rings. The Morgan fingerprint density at radius 1 is 1.56 bits per heavy atom. The Bertz CT molecular complexity index is 392. The molecule has 1 saturated heterocycles. The van der Waals surface area contributed by atoms with Crippen LogP contribution in [0.5, 0.6) is 0 Å². The highest BCUT2D eigenvalue weighted by Crippen LogP contribution is 2.28. The Labute approximate surface area is 98.8 Å². The minimum Gasteiger partial charge on any atom is -0.326 e. The van der Waals surface area contributed by atoms with Gasteiger partial charge in [-0.3, -0.25) is 4.79 Å². The van der Waals surface area contributed by atoms with Crippen LogP contribution in [0.25, 0.3) is 0 Å². The van der Waals surface area contributed by atoms with Crippen molar-refractivity contribution in [3.05, 3.63) is 11.9 Å². The molecule has 0 aliphatic carbocycles. The molecular weight excluding hydrogens is 222 g/mol. The first-order valence-electron chi connectivity index (χ1n) is 5.78. The Balaban J connectivity index is 1.83. The molecule has 0 amide bonds. The lowest BCUT2D eigenvalue weighted by atomic mass is 10.0. The van der Waals surface area contributed by atoms with Crippen molar-refractivity contribution >= 4 is 17.5 Å². The maximum absolute atomic E-state index is 11.4. The number of carbonyl (C=O) groups excluding carboxylic acids is 1. The predicted octanol–water partition coefficient (Wildman–Crippen LogP) is 1.37. The molecule has 0 saturated carbocycles. The molecule has 5 heteroatoms. The molecule has 2 aliphatic heterocycles. The van der Waals surface area contributed by atoms with E-state index >= 15 is 0 Å². The number of imidazole rings is 1. The lowest BCUT2D eigenvalue weighted by Crippen LogP contribution is -2.32. The number of rotatable bonds is 1. The van der Waals surface area contributed by atoms with E-state index in [1.54, 1.807) is 0 Å². The van der Waals surface area contributed by atoms with Crippen LogP contribution in [-0.2, 0) is 11.3 Å². The third-order valence-electron chi connectivity index (χ3n) is 3.12. The zero-order chi connectivity index (χ0) is 11.0. The van der Waals surface area contributed by atoms with Crippen molar-refractivity contribution in [1.29, 1.82) is 0 Å². The van der Waals surface area contributed by atoms with Crippen LogP contribution in [0.3, 0.4) is 0 Å². The first-order chi connectivity index (χ1) is 7.83. The second-order valence-electron chi connectivity index (χ2n) is 4.34.